The Kier molecular flexibility index (Phi) is 6.10. The van der Waals surface area contributed by atoms with Crippen molar-refractivity contribution in [2.45, 2.75) is 19.4 Å². The molecule has 0 aliphatic carbocycles. The van der Waals surface area contributed by atoms with Crippen molar-refractivity contribution in [3.8, 4) is 0 Å². The summed E-state index contributed by atoms with van der Waals surface area (Å²) in [6.07, 6.45) is 1.15. The highest BCUT2D eigenvalue weighted by molar-refractivity contribution is 7.80. The predicted octanol–water partition coefficient (Wildman–Crippen LogP) is 3.15. The summed E-state index contributed by atoms with van der Waals surface area (Å²) in [6, 6.07) is 20.0. The first-order valence-electron chi connectivity index (χ1n) is 7.28. The van der Waals surface area contributed by atoms with Gasteiger partial charge in [0.15, 0.2) is 5.11 Å². The summed E-state index contributed by atoms with van der Waals surface area (Å²) in [6.45, 7) is 0.679. The number of thiocarbonyl (C=S) groups is 1. The number of carbonyl (C=O) groups excluding carboxylic acids is 1. The van der Waals surface area contributed by atoms with Crippen LogP contribution >= 0.6 is 12.2 Å². The first-order chi connectivity index (χ1) is 10.6. The number of hydrogen-bond donors (Lipinski definition) is 1. The lowest BCUT2D eigenvalue weighted by molar-refractivity contribution is -0.119. The molecule has 2 aromatic rings. The Hall–Kier alpha value is -2.20. The van der Waals surface area contributed by atoms with E-state index in [1.807, 2.05) is 72.6 Å². The van der Waals surface area contributed by atoms with Gasteiger partial charge in [-0.15, -0.1) is 0 Å². The molecule has 1 amide bonds. The van der Waals surface area contributed by atoms with Gasteiger partial charge in [-0.1, -0.05) is 60.7 Å². The van der Waals surface area contributed by atoms with Crippen molar-refractivity contribution < 1.29 is 4.79 Å². The van der Waals surface area contributed by atoms with Crippen LogP contribution in [0.1, 0.15) is 17.5 Å². The van der Waals surface area contributed by atoms with E-state index in [0.717, 1.165) is 17.5 Å². The molecule has 0 saturated heterocycles. The van der Waals surface area contributed by atoms with Gasteiger partial charge in [-0.05, 0) is 29.8 Å². The van der Waals surface area contributed by atoms with Crippen molar-refractivity contribution >= 4 is 23.2 Å². The molecule has 0 unspecified atom stereocenters. The van der Waals surface area contributed by atoms with Crippen LogP contribution in [0.3, 0.4) is 0 Å². The van der Waals surface area contributed by atoms with E-state index >= 15 is 0 Å². The Morgan fingerprint density at radius 1 is 1.00 bits per heavy atom. The highest BCUT2D eigenvalue weighted by Gasteiger charge is 2.09. The van der Waals surface area contributed by atoms with E-state index in [2.05, 4.69) is 5.32 Å². The summed E-state index contributed by atoms with van der Waals surface area (Å²) in [4.78, 5) is 13.8. The maximum atomic E-state index is 12.0. The summed E-state index contributed by atoms with van der Waals surface area (Å²) in [5, 5.41) is 3.25. The molecule has 0 atom stereocenters. The molecule has 1 N–H and O–H groups in total. The summed E-state index contributed by atoms with van der Waals surface area (Å²) in [5.74, 6) is -0.0474. The molecule has 0 saturated carbocycles. The van der Waals surface area contributed by atoms with E-state index in [9.17, 15) is 4.79 Å². The van der Waals surface area contributed by atoms with Crippen molar-refractivity contribution in [3.05, 3.63) is 71.8 Å². The summed E-state index contributed by atoms with van der Waals surface area (Å²) >= 11 is 5.28. The largest absolute Gasteiger partial charge is 0.348 e. The lowest BCUT2D eigenvalue weighted by Crippen LogP contribution is -2.40. The minimum Gasteiger partial charge on any atom is -0.348 e. The van der Waals surface area contributed by atoms with Gasteiger partial charge >= 0.3 is 0 Å². The maximum absolute atomic E-state index is 12.0. The van der Waals surface area contributed by atoms with Crippen LogP contribution in [0.25, 0.3) is 0 Å². The second kappa shape index (κ2) is 8.29. The van der Waals surface area contributed by atoms with E-state index in [4.69, 9.17) is 12.2 Å². The van der Waals surface area contributed by atoms with E-state index in [1.165, 1.54) is 0 Å². The zero-order valence-corrected chi connectivity index (χ0v) is 13.5. The van der Waals surface area contributed by atoms with E-state index in [-0.39, 0.29) is 5.91 Å². The average molecular weight is 312 g/mol. The van der Waals surface area contributed by atoms with Crippen LogP contribution in [0, 0.1) is 0 Å². The van der Waals surface area contributed by atoms with Crippen LogP contribution in [-0.2, 0) is 17.8 Å². The Bertz CT molecular complexity index is 613. The number of amides is 1. The number of carbonyl (C=O) groups is 1. The lowest BCUT2D eigenvalue weighted by atomic mass is 10.1. The number of aryl methyl sites for hydroxylation is 1. The van der Waals surface area contributed by atoms with Crippen molar-refractivity contribution in [2.24, 2.45) is 0 Å². The third kappa shape index (κ3) is 5.30. The minimum atomic E-state index is -0.0474. The highest BCUT2D eigenvalue weighted by Crippen LogP contribution is 2.04. The monoisotopic (exact) mass is 312 g/mol. The van der Waals surface area contributed by atoms with E-state index in [0.29, 0.717) is 18.1 Å². The van der Waals surface area contributed by atoms with Gasteiger partial charge in [0.1, 0.15) is 0 Å². The van der Waals surface area contributed by atoms with Crippen molar-refractivity contribution in [1.82, 2.24) is 10.2 Å². The zero-order valence-electron chi connectivity index (χ0n) is 12.7. The van der Waals surface area contributed by atoms with Gasteiger partial charge in [-0.25, -0.2) is 0 Å². The van der Waals surface area contributed by atoms with Crippen molar-refractivity contribution in [1.29, 1.82) is 0 Å². The highest BCUT2D eigenvalue weighted by atomic mass is 32.1. The number of rotatable bonds is 5. The standard InChI is InChI=1S/C18H20N2OS/c1-20(14-16-10-6-3-7-11-16)18(22)19-17(21)13-12-15-8-4-2-5-9-15/h2-11H,12-14H2,1H3,(H,19,21,22). The van der Waals surface area contributed by atoms with Crippen molar-refractivity contribution in [3.63, 3.8) is 0 Å². The molecule has 4 heteroatoms. The number of hydrogen-bond acceptors (Lipinski definition) is 2. The molecule has 0 aliphatic heterocycles. The molecule has 3 nitrogen and oxygen atoms in total. The first-order valence-corrected chi connectivity index (χ1v) is 7.69. The second-order valence-electron chi connectivity index (χ2n) is 5.18. The van der Waals surface area contributed by atoms with Crippen LogP contribution in [0.2, 0.25) is 0 Å². The summed E-state index contributed by atoms with van der Waals surface area (Å²) in [7, 11) is 1.88. The zero-order chi connectivity index (χ0) is 15.8. The molecule has 0 aliphatic rings. The lowest BCUT2D eigenvalue weighted by Gasteiger charge is -2.20. The third-order valence-corrected chi connectivity index (χ3v) is 3.75. The average Bonchev–Trinajstić information content (AvgIpc) is 2.55. The molecule has 2 rings (SSSR count). The maximum Gasteiger partial charge on any atom is 0.226 e. The van der Waals surface area contributed by atoms with Crippen LogP contribution in [0.5, 0.6) is 0 Å². The molecule has 0 heterocycles. The van der Waals surface area contributed by atoms with E-state index < -0.39 is 0 Å². The molecule has 22 heavy (non-hydrogen) atoms. The second-order valence-corrected chi connectivity index (χ2v) is 5.57. The normalized spacial score (nSPS) is 10.0. The summed E-state index contributed by atoms with van der Waals surface area (Å²) in [5.41, 5.74) is 2.31. The number of nitrogens with zero attached hydrogens (tertiary/aromatic N) is 1. The molecule has 0 spiro atoms. The Morgan fingerprint density at radius 3 is 2.14 bits per heavy atom. The molecule has 2 aromatic carbocycles. The van der Waals surface area contributed by atoms with Crippen LogP contribution in [0.4, 0.5) is 0 Å². The SMILES string of the molecule is CN(Cc1ccccc1)C(=S)NC(=O)CCc1ccccc1. The molecule has 0 aromatic heterocycles. The van der Waals surface area contributed by atoms with Crippen LogP contribution in [-0.4, -0.2) is 23.0 Å². The van der Waals surface area contributed by atoms with Crippen LogP contribution in [0.15, 0.2) is 60.7 Å². The van der Waals surface area contributed by atoms with E-state index in [1.54, 1.807) is 0 Å². The molecule has 0 bridgehead atoms. The summed E-state index contributed by atoms with van der Waals surface area (Å²) < 4.78 is 0. The molecule has 0 radical (unpaired) electrons. The quantitative estimate of drug-likeness (QED) is 0.861. The van der Waals surface area contributed by atoms with Crippen molar-refractivity contribution in [2.75, 3.05) is 7.05 Å². The number of nitrogens with one attached hydrogen (secondary N) is 1. The van der Waals surface area contributed by atoms with Gasteiger partial charge < -0.3 is 10.2 Å². The Balaban J connectivity index is 1.77. The molecule has 114 valence electrons. The molecular weight excluding hydrogens is 292 g/mol. The molecular formula is C18H20N2OS. The fraction of sp³-hybridized carbons (Fsp3) is 0.222. The fourth-order valence-corrected chi connectivity index (χ4v) is 2.29. The Morgan fingerprint density at radius 2 is 1.55 bits per heavy atom. The minimum absolute atomic E-state index is 0.0474. The smallest absolute Gasteiger partial charge is 0.226 e. The number of benzene rings is 2. The van der Waals surface area contributed by atoms with Gasteiger partial charge in [-0.2, -0.15) is 0 Å². The van der Waals surface area contributed by atoms with Gasteiger partial charge in [0.25, 0.3) is 0 Å². The first kappa shape index (κ1) is 16.2. The van der Waals surface area contributed by atoms with Gasteiger partial charge in [0.2, 0.25) is 5.91 Å². The van der Waals surface area contributed by atoms with Gasteiger partial charge in [0, 0.05) is 20.0 Å². The topological polar surface area (TPSA) is 32.3 Å². The van der Waals surface area contributed by atoms with Crippen LogP contribution < -0.4 is 5.32 Å². The molecule has 0 fully saturated rings. The third-order valence-electron chi connectivity index (χ3n) is 3.34. The van der Waals surface area contributed by atoms with Gasteiger partial charge in [-0.3, -0.25) is 4.79 Å². The predicted molar refractivity (Wildman–Crippen MR) is 93.4 cm³/mol. The van der Waals surface area contributed by atoms with Gasteiger partial charge in [0.05, 0.1) is 0 Å². The Labute approximate surface area is 137 Å². The fourth-order valence-electron chi connectivity index (χ4n) is 2.11.